The summed E-state index contributed by atoms with van der Waals surface area (Å²) in [5, 5.41) is 0. The van der Waals surface area contributed by atoms with Crippen molar-refractivity contribution in [2.75, 3.05) is 24.5 Å². The lowest BCUT2D eigenvalue weighted by Crippen LogP contribution is -2.48. The Labute approximate surface area is 166 Å². The summed E-state index contributed by atoms with van der Waals surface area (Å²) in [4.78, 5) is 17.5. The van der Waals surface area contributed by atoms with Crippen LogP contribution in [0.2, 0.25) is 0 Å². The van der Waals surface area contributed by atoms with Crippen LogP contribution in [0.3, 0.4) is 0 Å². The van der Waals surface area contributed by atoms with Crippen molar-refractivity contribution in [2.45, 2.75) is 25.3 Å². The number of likely N-dealkylation sites (tertiary alicyclic amines) is 1. The van der Waals surface area contributed by atoms with E-state index in [0.29, 0.717) is 0 Å². The summed E-state index contributed by atoms with van der Waals surface area (Å²) in [5.74, 6) is 0.168. The van der Waals surface area contributed by atoms with Gasteiger partial charge in [-0.3, -0.25) is 4.79 Å². The third-order valence-corrected chi connectivity index (χ3v) is 5.37. The first kappa shape index (κ1) is 18.3. The van der Waals surface area contributed by atoms with Gasteiger partial charge in [0.05, 0.1) is 0 Å². The van der Waals surface area contributed by atoms with Gasteiger partial charge >= 0.3 is 0 Å². The third kappa shape index (κ3) is 4.27. The molecule has 28 heavy (non-hydrogen) atoms. The van der Waals surface area contributed by atoms with Gasteiger partial charge < -0.3 is 14.2 Å². The van der Waals surface area contributed by atoms with Gasteiger partial charge in [-0.15, -0.1) is 0 Å². The molecule has 3 aromatic rings. The molecule has 1 amide bonds. The van der Waals surface area contributed by atoms with Gasteiger partial charge in [0.2, 0.25) is 5.76 Å². The molecule has 1 fully saturated rings. The van der Waals surface area contributed by atoms with Gasteiger partial charge in [-0.05, 0) is 43.0 Å². The summed E-state index contributed by atoms with van der Waals surface area (Å²) in [7, 11) is 0. The molecule has 1 aliphatic rings. The molecule has 1 aliphatic heterocycles. The summed E-state index contributed by atoms with van der Waals surface area (Å²) in [6, 6.07) is 24.9. The molecular formula is C24H24N2O2. The van der Waals surface area contributed by atoms with Gasteiger partial charge in [0.1, 0.15) is 6.26 Å². The molecular weight excluding hydrogens is 348 g/mol. The van der Waals surface area contributed by atoms with E-state index in [4.69, 9.17) is 4.42 Å². The van der Waals surface area contributed by atoms with E-state index >= 15 is 0 Å². The Kier molecular flexibility index (Phi) is 5.75. The summed E-state index contributed by atoms with van der Waals surface area (Å²) < 4.78 is 5.22. The first-order valence-corrected chi connectivity index (χ1v) is 9.84. The van der Waals surface area contributed by atoms with Crippen molar-refractivity contribution >= 4 is 11.6 Å². The van der Waals surface area contributed by atoms with Crippen molar-refractivity contribution < 1.29 is 9.21 Å². The minimum absolute atomic E-state index is 0.119. The summed E-state index contributed by atoms with van der Waals surface area (Å²) in [5.41, 5.74) is 2.28. The number of amides is 1. The number of hydrogen-bond donors (Lipinski definition) is 0. The number of piperidine rings is 1. The Hall–Kier alpha value is -3.03. The minimum atomic E-state index is -0.119. The lowest BCUT2D eigenvalue weighted by molar-refractivity contribution is 0.0933. The van der Waals surface area contributed by atoms with Gasteiger partial charge in [0, 0.05) is 37.4 Å². The molecule has 4 heteroatoms. The second-order valence-electron chi connectivity index (χ2n) is 7.18. The lowest BCUT2D eigenvalue weighted by atomic mass is 10.0. The number of hydrogen-bond acceptors (Lipinski definition) is 3. The van der Waals surface area contributed by atoms with Crippen LogP contribution in [0.15, 0.2) is 71.1 Å². The fraction of sp³-hybridized carbons (Fsp3) is 0.292. The molecule has 1 aromatic heterocycles. The molecule has 2 heterocycles. The van der Waals surface area contributed by atoms with Gasteiger partial charge in [-0.2, -0.15) is 0 Å². The largest absolute Gasteiger partial charge is 0.401 e. The maximum atomic E-state index is 13.1. The Bertz CT molecular complexity index is 854. The molecule has 0 aliphatic carbocycles. The second kappa shape index (κ2) is 8.77. The number of carbonyl (C=O) groups excluding carboxylic acids is 1. The number of nitrogens with zero attached hydrogens (tertiary/aromatic N) is 2. The lowest BCUT2D eigenvalue weighted by Gasteiger charge is -2.38. The van der Waals surface area contributed by atoms with Gasteiger partial charge in [-0.25, -0.2) is 0 Å². The average molecular weight is 372 g/mol. The van der Waals surface area contributed by atoms with Crippen LogP contribution in [0, 0.1) is 12.3 Å². The number of rotatable bonds is 6. The van der Waals surface area contributed by atoms with Crippen molar-refractivity contribution in [1.29, 1.82) is 0 Å². The van der Waals surface area contributed by atoms with E-state index in [1.54, 1.807) is 6.07 Å². The van der Waals surface area contributed by atoms with Crippen LogP contribution in [0.4, 0.5) is 5.69 Å². The normalized spacial score (nSPS) is 15.1. The quantitative estimate of drug-likeness (QED) is 0.650. The van der Waals surface area contributed by atoms with Crippen LogP contribution in [0.1, 0.15) is 29.0 Å². The summed E-state index contributed by atoms with van der Waals surface area (Å²) >= 11 is 0. The van der Waals surface area contributed by atoms with E-state index in [1.165, 1.54) is 5.56 Å². The number of benzene rings is 2. The highest BCUT2D eigenvalue weighted by Gasteiger charge is 2.30. The maximum Gasteiger partial charge on any atom is 0.296 e. The molecule has 1 saturated heterocycles. The predicted octanol–water partition coefficient (Wildman–Crippen LogP) is 4.23. The average Bonchev–Trinajstić information content (AvgIpc) is 3.30. The van der Waals surface area contributed by atoms with Crippen LogP contribution < -0.4 is 4.90 Å². The Morgan fingerprint density at radius 2 is 1.71 bits per heavy atom. The minimum Gasteiger partial charge on any atom is -0.401 e. The smallest absolute Gasteiger partial charge is 0.296 e. The second-order valence-corrected chi connectivity index (χ2v) is 7.18. The van der Waals surface area contributed by atoms with Crippen LogP contribution in [-0.2, 0) is 6.42 Å². The molecule has 0 saturated carbocycles. The van der Waals surface area contributed by atoms with Crippen LogP contribution in [-0.4, -0.2) is 36.5 Å². The van der Waals surface area contributed by atoms with Gasteiger partial charge in [0.25, 0.3) is 5.91 Å². The Balaban J connectivity index is 1.42. The summed E-state index contributed by atoms with van der Waals surface area (Å²) in [6.45, 7) is 3.03. The first-order valence-electron chi connectivity index (χ1n) is 9.84. The van der Waals surface area contributed by atoms with E-state index in [0.717, 1.165) is 44.6 Å². The molecule has 0 bridgehead atoms. The zero-order valence-electron chi connectivity index (χ0n) is 15.9. The first-order chi connectivity index (χ1) is 13.8. The van der Waals surface area contributed by atoms with E-state index in [1.807, 2.05) is 35.2 Å². The molecule has 0 atom stereocenters. The van der Waals surface area contributed by atoms with Crippen LogP contribution >= 0.6 is 0 Å². The number of anilines is 1. The van der Waals surface area contributed by atoms with E-state index in [-0.39, 0.29) is 17.7 Å². The van der Waals surface area contributed by atoms with Gasteiger partial charge in [0.15, 0.2) is 0 Å². The fourth-order valence-electron chi connectivity index (χ4n) is 3.85. The van der Waals surface area contributed by atoms with Crippen molar-refractivity contribution in [3.05, 3.63) is 90.4 Å². The Morgan fingerprint density at radius 3 is 2.36 bits per heavy atom. The van der Waals surface area contributed by atoms with Crippen molar-refractivity contribution in [1.82, 2.24) is 4.90 Å². The van der Waals surface area contributed by atoms with E-state index < -0.39 is 0 Å². The molecule has 0 N–H and O–H groups in total. The Morgan fingerprint density at radius 1 is 1.04 bits per heavy atom. The molecule has 4 nitrogen and oxygen atoms in total. The number of para-hydroxylation sites is 1. The zero-order chi connectivity index (χ0) is 19.2. The molecule has 4 rings (SSSR count). The highest BCUT2D eigenvalue weighted by Crippen LogP contribution is 2.26. The highest BCUT2D eigenvalue weighted by atomic mass is 16.3. The SMILES string of the molecule is O=C(c1cc#co1)N(c1ccccc1)C1CCN(CCc2ccccc2)CC1. The molecule has 0 spiro atoms. The topological polar surface area (TPSA) is 36.7 Å². The molecule has 0 unspecified atom stereocenters. The monoisotopic (exact) mass is 372 g/mol. The van der Waals surface area contributed by atoms with Crippen LogP contribution in [0.25, 0.3) is 0 Å². The van der Waals surface area contributed by atoms with Crippen molar-refractivity contribution in [3.8, 4) is 0 Å². The van der Waals surface area contributed by atoms with E-state index in [2.05, 4.69) is 47.6 Å². The molecule has 0 radical (unpaired) electrons. The third-order valence-electron chi connectivity index (χ3n) is 5.37. The molecule has 2 aromatic carbocycles. The van der Waals surface area contributed by atoms with Gasteiger partial charge in [-0.1, -0.05) is 48.5 Å². The predicted molar refractivity (Wildman–Crippen MR) is 109 cm³/mol. The van der Waals surface area contributed by atoms with Crippen molar-refractivity contribution in [3.63, 3.8) is 0 Å². The highest BCUT2D eigenvalue weighted by molar-refractivity contribution is 6.04. The standard InChI is InChI=1S/C24H24N2O2/c27-24(23-12-7-19-28-23)26(21-10-5-2-6-11-21)22-14-17-25(18-15-22)16-13-20-8-3-1-4-9-20/h1-6,8-12,22H,13-18H2. The fourth-order valence-corrected chi connectivity index (χ4v) is 3.85. The zero-order valence-corrected chi connectivity index (χ0v) is 15.9. The van der Waals surface area contributed by atoms with Crippen molar-refractivity contribution in [2.24, 2.45) is 0 Å². The molecule has 142 valence electrons. The number of carbonyl (C=O) groups is 1. The van der Waals surface area contributed by atoms with E-state index in [9.17, 15) is 4.79 Å². The van der Waals surface area contributed by atoms with Crippen LogP contribution in [0.5, 0.6) is 0 Å². The summed E-state index contributed by atoms with van der Waals surface area (Å²) in [6.07, 6.45) is 5.46. The maximum absolute atomic E-state index is 13.1.